The quantitative estimate of drug-likeness (QED) is 0.254. The molecule has 0 bridgehead atoms. The number of benzene rings is 2. The number of para-hydroxylation sites is 1. The van der Waals surface area contributed by atoms with Crippen LogP contribution in [0.1, 0.15) is 44.5 Å². The maximum Gasteiger partial charge on any atom is 0.237 e. The van der Waals surface area contributed by atoms with Crippen LogP contribution in [0.2, 0.25) is 5.02 Å². The number of halogens is 1. The van der Waals surface area contributed by atoms with Crippen LogP contribution in [0, 0.1) is 0 Å². The SMILES string of the molecule is C=CCn1c(COc2ccc(Cl)cc2)nnc1SC(C)C(=O)Nc1ccccc1C(C)CC. The van der Waals surface area contributed by atoms with Crippen molar-refractivity contribution in [3.63, 3.8) is 0 Å². The summed E-state index contributed by atoms with van der Waals surface area (Å²) in [4.78, 5) is 12.9. The molecule has 8 heteroatoms. The van der Waals surface area contributed by atoms with Crippen molar-refractivity contribution in [1.29, 1.82) is 0 Å². The van der Waals surface area contributed by atoms with E-state index in [4.69, 9.17) is 16.3 Å². The fourth-order valence-electron chi connectivity index (χ4n) is 3.21. The van der Waals surface area contributed by atoms with Crippen molar-refractivity contribution in [2.45, 2.75) is 56.7 Å². The third kappa shape index (κ3) is 6.62. The third-order valence-corrected chi connectivity index (χ3v) is 6.63. The van der Waals surface area contributed by atoms with Gasteiger partial charge in [0.25, 0.3) is 0 Å². The molecule has 2 unspecified atom stereocenters. The molecular formula is C25H29ClN4O2S. The fourth-order valence-corrected chi connectivity index (χ4v) is 4.21. The van der Waals surface area contributed by atoms with Gasteiger partial charge in [0.15, 0.2) is 11.0 Å². The largest absolute Gasteiger partial charge is 0.486 e. The lowest BCUT2D eigenvalue weighted by Gasteiger charge is -2.17. The Bertz CT molecular complexity index is 1080. The van der Waals surface area contributed by atoms with E-state index in [9.17, 15) is 4.79 Å². The number of hydrogen-bond acceptors (Lipinski definition) is 5. The molecule has 3 aromatic rings. The molecule has 0 aliphatic carbocycles. The second-order valence-electron chi connectivity index (χ2n) is 7.69. The molecule has 1 N–H and O–H groups in total. The second kappa shape index (κ2) is 11.9. The number of allylic oxidation sites excluding steroid dienone is 1. The summed E-state index contributed by atoms with van der Waals surface area (Å²) in [6.45, 7) is 10.8. The van der Waals surface area contributed by atoms with Crippen LogP contribution in [0.4, 0.5) is 5.69 Å². The number of thioether (sulfide) groups is 1. The van der Waals surface area contributed by atoms with E-state index in [1.807, 2.05) is 29.7 Å². The standard InChI is InChI=1S/C25H29ClN4O2S/c1-5-15-30-23(16-32-20-13-11-19(26)12-14-20)28-29-25(30)33-18(4)24(31)27-22-10-8-7-9-21(22)17(3)6-2/h5,7-14,17-18H,1,6,15-16H2,2-4H3,(H,27,31). The summed E-state index contributed by atoms with van der Waals surface area (Å²) in [6.07, 6.45) is 2.77. The zero-order valence-electron chi connectivity index (χ0n) is 19.1. The van der Waals surface area contributed by atoms with E-state index in [1.165, 1.54) is 11.8 Å². The predicted octanol–water partition coefficient (Wildman–Crippen LogP) is 6.33. The topological polar surface area (TPSA) is 69.0 Å². The second-order valence-corrected chi connectivity index (χ2v) is 9.43. The van der Waals surface area contributed by atoms with Crippen molar-refractivity contribution in [2.24, 2.45) is 0 Å². The first-order valence-corrected chi connectivity index (χ1v) is 12.2. The van der Waals surface area contributed by atoms with E-state index in [-0.39, 0.29) is 17.8 Å². The molecule has 0 spiro atoms. The molecule has 1 amide bonds. The average Bonchev–Trinajstić information content (AvgIpc) is 3.19. The van der Waals surface area contributed by atoms with Crippen LogP contribution < -0.4 is 10.1 Å². The Labute approximate surface area is 204 Å². The fraction of sp³-hybridized carbons (Fsp3) is 0.320. The zero-order valence-corrected chi connectivity index (χ0v) is 20.7. The number of hydrogen-bond donors (Lipinski definition) is 1. The van der Waals surface area contributed by atoms with E-state index >= 15 is 0 Å². The van der Waals surface area contributed by atoms with Crippen molar-refractivity contribution in [3.8, 4) is 5.75 Å². The van der Waals surface area contributed by atoms with E-state index in [1.54, 1.807) is 30.3 Å². The van der Waals surface area contributed by atoms with Gasteiger partial charge in [0.05, 0.1) is 5.25 Å². The molecule has 1 aromatic heterocycles. The number of nitrogens with one attached hydrogen (secondary N) is 1. The van der Waals surface area contributed by atoms with Crippen LogP contribution >= 0.6 is 23.4 Å². The van der Waals surface area contributed by atoms with Crippen LogP contribution in [0.3, 0.4) is 0 Å². The summed E-state index contributed by atoms with van der Waals surface area (Å²) in [5, 5.41) is 12.6. The Balaban J connectivity index is 1.69. The molecule has 3 rings (SSSR count). The molecule has 33 heavy (non-hydrogen) atoms. The molecule has 1 heterocycles. The van der Waals surface area contributed by atoms with Gasteiger partial charge < -0.3 is 10.1 Å². The molecule has 0 saturated heterocycles. The number of amides is 1. The van der Waals surface area contributed by atoms with Crippen LogP contribution in [0.15, 0.2) is 66.3 Å². The summed E-state index contributed by atoms with van der Waals surface area (Å²) < 4.78 is 7.73. The minimum Gasteiger partial charge on any atom is -0.486 e. The van der Waals surface area contributed by atoms with Crippen molar-refractivity contribution < 1.29 is 9.53 Å². The van der Waals surface area contributed by atoms with Crippen molar-refractivity contribution in [1.82, 2.24) is 14.8 Å². The van der Waals surface area contributed by atoms with Gasteiger partial charge in [-0.25, -0.2) is 0 Å². The first kappa shape index (κ1) is 24.9. The molecule has 0 saturated carbocycles. The van der Waals surface area contributed by atoms with Gasteiger partial charge in [-0.3, -0.25) is 9.36 Å². The lowest BCUT2D eigenvalue weighted by molar-refractivity contribution is -0.115. The molecule has 2 atom stereocenters. The molecule has 0 fully saturated rings. The summed E-state index contributed by atoms with van der Waals surface area (Å²) in [7, 11) is 0. The first-order chi connectivity index (χ1) is 15.9. The van der Waals surface area contributed by atoms with E-state index in [2.05, 4.69) is 42.0 Å². The molecule has 6 nitrogen and oxygen atoms in total. The maximum atomic E-state index is 12.9. The Morgan fingerprint density at radius 1 is 1.21 bits per heavy atom. The number of anilines is 1. The van der Waals surface area contributed by atoms with E-state index in [0.717, 1.165) is 17.7 Å². The third-order valence-electron chi connectivity index (χ3n) is 5.30. The number of rotatable bonds is 11. The molecule has 2 aromatic carbocycles. The summed E-state index contributed by atoms with van der Waals surface area (Å²) >= 11 is 7.28. The number of aromatic nitrogens is 3. The summed E-state index contributed by atoms with van der Waals surface area (Å²) in [5.41, 5.74) is 2.00. The van der Waals surface area contributed by atoms with Gasteiger partial charge >= 0.3 is 0 Å². The summed E-state index contributed by atoms with van der Waals surface area (Å²) in [5.74, 6) is 1.63. The molecular weight excluding hydrogens is 456 g/mol. The zero-order chi connectivity index (χ0) is 23.8. The Morgan fingerprint density at radius 2 is 1.94 bits per heavy atom. The molecule has 0 aliphatic heterocycles. The van der Waals surface area contributed by atoms with Crippen molar-refractivity contribution >= 4 is 35.0 Å². The van der Waals surface area contributed by atoms with Gasteiger partial charge in [0, 0.05) is 17.3 Å². The number of nitrogens with zero attached hydrogens (tertiary/aromatic N) is 3. The van der Waals surface area contributed by atoms with Gasteiger partial charge in [-0.05, 0) is 55.2 Å². The minimum absolute atomic E-state index is 0.0807. The van der Waals surface area contributed by atoms with Crippen LogP contribution in [0.25, 0.3) is 0 Å². The van der Waals surface area contributed by atoms with Crippen molar-refractivity contribution in [2.75, 3.05) is 5.32 Å². The Morgan fingerprint density at radius 3 is 2.64 bits per heavy atom. The molecule has 0 radical (unpaired) electrons. The van der Waals surface area contributed by atoms with Gasteiger partial charge in [0.1, 0.15) is 12.4 Å². The minimum atomic E-state index is -0.368. The van der Waals surface area contributed by atoms with E-state index < -0.39 is 0 Å². The van der Waals surface area contributed by atoms with Gasteiger partial charge in [-0.1, -0.05) is 61.5 Å². The number of ether oxygens (including phenoxy) is 1. The highest BCUT2D eigenvalue weighted by molar-refractivity contribution is 8.00. The average molecular weight is 485 g/mol. The number of carbonyl (C=O) groups is 1. The Hall–Kier alpha value is -2.77. The normalized spacial score (nSPS) is 12.7. The number of carbonyl (C=O) groups excluding carboxylic acids is 1. The van der Waals surface area contributed by atoms with Gasteiger partial charge in [-0.2, -0.15) is 0 Å². The predicted molar refractivity (Wildman–Crippen MR) is 135 cm³/mol. The lowest BCUT2D eigenvalue weighted by atomic mass is 9.97. The van der Waals surface area contributed by atoms with Crippen LogP contribution in [-0.2, 0) is 17.9 Å². The highest BCUT2D eigenvalue weighted by Crippen LogP contribution is 2.29. The summed E-state index contributed by atoms with van der Waals surface area (Å²) in [6, 6.07) is 15.1. The first-order valence-electron chi connectivity index (χ1n) is 10.9. The highest BCUT2D eigenvalue weighted by Gasteiger charge is 2.21. The smallest absolute Gasteiger partial charge is 0.237 e. The lowest BCUT2D eigenvalue weighted by Crippen LogP contribution is -2.24. The maximum absolute atomic E-state index is 12.9. The van der Waals surface area contributed by atoms with Crippen LogP contribution in [0.5, 0.6) is 5.75 Å². The highest BCUT2D eigenvalue weighted by atomic mass is 35.5. The monoisotopic (exact) mass is 484 g/mol. The van der Waals surface area contributed by atoms with E-state index in [0.29, 0.717) is 34.2 Å². The molecule has 174 valence electrons. The van der Waals surface area contributed by atoms with Crippen LogP contribution in [-0.4, -0.2) is 25.9 Å². The van der Waals surface area contributed by atoms with Gasteiger partial charge in [-0.15, -0.1) is 16.8 Å². The molecule has 0 aliphatic rings. The van der Waals surface area contributed by atoms with Gasteiger partial charge in [0.2, 0.25) is 5.91 Å². The van der Waals surface area contributed by atoms with Crippen molar-refractivity contribution in [3.05, 3.63) is 77.6 Å². The Kier molecular flexibility index (Phi) is 8.97.